The Morgan fingerprint density at radius 2 is 1.85 bits per heavy atom. The van der Waals surface area contributed by atoms with Crippen LogP contribution in [-0.4, -0.2) is 77.1 Å². The van der Waals surface area contributed by atoms with Crippen LogP contribution in [-0.2, 0) is 9.53 Å². The van der Waals surface area contributed by atoms with Gasteiger partial charge in [-0.25, -0.2) is 13.6 Å². The molecule has 2 aliphatic rings. The molecule has 3 amide bonds. The first-order valence-electron chi connectivity index (χ1n) is 11.4. The lowest BCUT2D eigenvalue weighted by Crippen LogP contribution is -2.56. The predicted molar refractivity (Wildman–Crippen MR) is 112 cm³/mol. The maximum Gasteiger partial charge on any atom is 0.318 e. The van der Waals surface area contributed by atoms with Crippen LogP contribution in [0.4, 0.5) is 13.6 Å². The van der Waals surface area contributed by atoms with Crippen molar-refractivity contribution in [3.05, 3.63) is 11.7 Å². The smallest absolute Gasteiger partial charge is 0.318 e. The molecular formula is C21H31F2N5O5. The van der Waals surface area contributed by atoms with E-state index in [1.54, 1.807) is 13.8 Å². The summed E-state index contributed by atoms with van der Waals surface area (Å²) in [6.07, 6.45) is 0.956. The molecular weight excluding hydrogens is 440 g/mol. The molecule has 10 nitrogen and oxygen atoms in total. The number of ether oxygens (including phenoxy) is 1. The van der Waals surface area contributed by atoms with Crippen molar-refractivity contribution in [2.75, 3.05) is 26.3 Å². The van der Waals surface area contributed by atoms with Crippen molar-refractivity contribution < 1.29 is 32.4 Å². The molecule has 1 saturated carbocycles. The van der Waals surface area contributed by atoms with E-state index in [2.05, 4.69) is 20.8 Å². The number of nitrogens with one attached hydrogen (secondary N) is 2. The Morgan fingerprint density at radius 1 is 1.15 bits per heavy atom. The molecule has 0 spiro atoms. The van der Waals surface area contributed by atoms with Gasteiger partial charge >= 0.3 is 6.03 Å². The summed E-state index contributed by atoms with van der Waals surface area (Å²) in [4.78, 5) is 43.8. The van der Waals surface area contributed by atoms with Crippen molar-refractivity contribution >= 4 is 17.7 Å². The molecule has 2 heterocycles. The van der Waals surface area contributed by atoms with Gasteiger partial charge in [-0.2, -0.15) is 4.98 Å². The van der Waals surface area contributed by atoms with Gasteiger partial charge in [-0.15, -0.1) is 0 Å². The Kier molecular flexibility index (Phi) is 8.33. The number of Topliss-reactive ketones (excluding diaryl/α,β-unsaturated/α-hetero) is 1. The first-order chi connectivity index (χ1) is 15.7. The van der Waals surface area contributed by atoms with Crippen molar-refractivity contribution in [3.63, 3.8) is 0 Å². The molecule has 33 heavy (non-hydrogen) atoms. The van der Waals surface area contributed by atoms with E-state index in [4.69, 9.17) is 9.26 Å². The van der Waals surface area contributed by atoms with Crippen LogP contribution in [0.2, 0.25) is 0 Å². The van der Waals surface area contributed by atoms with Crippen molar-refractivity contribution in [2.24, 2.45) is 0 Å². The molecule has 184 valence electrons. The minimum absolute atomic E-state index is 0.182. The van der Waals surface area contributed by atoms with E-state index in [0.29, 0.717) is 32.1 Å². The number of rotatable bonds is 11. The van der Waals surface area contributed by atoms with Gasteiger partial charge in [0.15, 0.2) is 5.82 Å². The monoisotopic (exact) mass is 471 g/mol. The average molecular weight is 472 g/mol. The summed E-state index contributed by atoms with van der Waals surface area (Å²) in [5, 5.41) is 8.70. The number of halogens is 2. The molecule has 12 heteroatoms. The van der Waals surface area contributed by atoms with E-state index < -0.39 is 48.6 Å². The molecule has 0 aromatic carbocycles. The molecule has 1 aliphatic heterocycles. The molecule has 1 saturated heterocycles. The van der Waals surface area contributed by atoms with Gasteiger partial charge in [-0.3, -0.25) is 9.59 Å². The zero-order valence-corrected chi connectivity index (χ0v) is 18.9. The van der Waals surface area contributed by atoms with Gasteiger partial charge in [0.25, 0.3) is 11.8 Å². The number of morpholine rings is 1. The number of hydrogen-bond acceptors (Lipinski definition) is 7. The van der Waals surface area contributed by atoms with Crippen LogP contribution in [0, 0.1) is 0 Å². The van der Waals surface area contributed by atoms with E-state index in [-0.39, 0.29) is 24.7 Å². The number of carbonyl (C=O) groups is 3. The van der Waals surface area contributed by atoms with Crippen LogP contribution in [0.15, 0.2) is 4.52 Å². The summed E-state index contributed by atoms with van der Waals surface area (Å²) in [6, 6.07) is -3.20. The number of hydrogen-bond donors (Lipinski definition) is 2. The Labute approximate surface area is 190 Å². The van der Waals surface area contributed by atoms with Crippen LogP contribution in [0.3, 0.4) is 0 Å². The first-order valence-corrected chi connectivity index (χ1v) is 11.4. The highest BCUT2D eigenvalue weighted by atomic mass is 19.3. The fraction of sp³-hybridized carbons (Fsp3) is 0.762. The summed E-state index contributed by atoms with van der Waals surface area (Å²) in [7, 11) is 0. The van der Waals surface area contributed by atoms with E-state index in [9.17, 15) is 23.2 Å². The number of amides is 3. The standard InChI is InChI=1S/C21H31F2N5O5/c1-3-7-21(22,23)12-15(25-20(31)28-8-10-32-11-9-28)18(30)24-14(4-2)16(29)19-26-17(27-33-19)13-5-6-13/h13-15H,3-12H2,1-2H3,(H,24,30)(H,25,31)/t14-,15-/m1/s1. The van der Waals surface area contributed by atoms with Gasteiger partial charge in [0.2, 0.25) is 11.7 Å². The topological polar surface area (TPSA) is 127 Å². The summed E-state index contributed by atoms with van der Waals surface area (Å²) in [5.74, 6) is -4.21. The second kappa shape index (κ2) is 11.0. The van der Waals surface area contributed by atoms with Crippen LogP contribution >= 0.6 is 0 Å². The molecule has 0 bridgehead atoms. The second-order valence-corrected chi connectivity index (χ2v) is 8.48. The molecule has 0 unspecified atom stereocenters. The van der Waals surface area contributed by atoms with Crippen molar-refractivity contribution in [1.82, 2.24) is 25.7 Å². The molecule has 3 rings (SSSR count). The number of urea groups is 1. The van der Waals surface area contributed by atoms with E-state index in [1.165, 1.54) is 4.90 Å². The van der Waals surface area contributed by atoms with Crippen LogP contribution in [0.25, 0.3) is 0 Å². The van der Waals surface area contributed by atoms with Gasteiger partial charge in [0.05, 0.1) is 19.3 Å². The van der Waals surface area contributed by atoms with Crippen molar-refractivity contribution in [3.8, 4) is 0 Å². The van der Waals surface area contributed by atoms with Crippen molar-refractivity contribution in [2.45, 2.75) is 76.3 Å². The lowest BCUT2D eigenvalue weighted by atomic mass is 10.0. The number of alkyl halides is 2. The fourth-order valence-electron chi connectivity index (χ4n) is 3.60. The zero-order chi connectivity index (χ0) is 24.0. The number of carbonyl (C=O) groups excluding carboxylic acids is 3. The molecule has 1 aromatic rings. The lowest BCUT2D eigenvalue weighted by molar-refractivity contribution is -0.126. The number of nitrogens with zero attached hydrogens (tertiary/aromatic N) is 3. The SMILES string of the molecule is CCCC(F)(F)C[C@@H](NC(=O)N1CCOCC1)C(=O)N[C@H](CC)C(=O)c1nc(C2CC2)no1. The lowest BCUT2D eigenvalue weighted by Gasteiger charge is -2.30. The molecule has 0 radical (unpaired) electrons. The first kappa shape index (κ1) is 25.0. The Morgan fingerprint density at radius 3 is 2.45 bits per heavy atom. The third-order valence-corrected chi connectivity index (χ3v) is 5.67. The summed E-state index contributed by atoms with van der Waals surface area (Å²) in [5.41, 5.74) is 0. The maximum absolute atomic E-state index is 14.4. The minimum atomic E-state index is -3.16. The van der Waals surface area contributed by atoms with Crippen LogP contribution in [0.1, 0.15) is 74.8 Å². The molecule has 1 aromatic heterocycles. The number of ketones is 1. The van der Waals surface area contributed by atoms with E-state index >= 15 is 0 Å². The highest BCUT2D eigenvalue weighted by molar-refractivity contribution is 5.99. The molecule has 2 fully saturated rings. The van der Waals surface area contributed by atoms with Crippen LogP contribution in [0.5, 0.6) is 0 Å². The largest absolute Gasteiger partial charge is 0.378 e. The minimum Gasteiger partial charge on any atom is -0.378 e. The summed E-state index contributed by atoms with van der Waals surface area (Å²) in [6.45, 7) is 4.52. The quantitative estimate of drug-likeness (QED) is 0.474. The summed E-state index contributed by atoms with van der Waals surface area (Å²) < 4.78 is 39.0. The number of aromatic nitrogens is 2. The highest BCUT2D eigenvalue weighted by Gasteiger charge is 2.38. The van der Waals surface area contributed by atoms with Gasteiger partial charge in [0.1, 0.15) is 6.04 Å². The molecule has 1 aliphatic carbocycles. The van der Waals surface area contributed by atoms with E-state index in [0.717, 1.165) is 12.8 Å². The Bertz CT molecular complexity index is 839. The Hall–Kier alpha value is -2.63. The van der Waals surface area contributed by atoms with Crippen molar-refractivity contribution in [1.29, 1.82) is 0 Å². The van der Waals surface area contributed by atoms with Gasteiger partial charge < -0.3 is 24.8 Å². The van der Waals surface area contributed by atoms with E-state index in [1.807, 2.05) is 0 Å². The van der Waals surface area contributed by atoms with Gasteiger partial charge in [-0.05, 0) is 19.3 Å². The normalized spacial score (nSPS) is 18.5. The summed E-state index contributed by atoms with van der Waals surface area (Å²) >= 11 is 0. The van der Waals surface area contributed by atoms with Gasteiger partial charge in [0, 0.05) is 31.8 Å². The highest BCUT2D eigenvalue weighted by Crippen LogP contribution is 2.38. The maximum atomic E-state index is 14.4. The van der Waals surface area contributed by atoms with Crippen LogP contribution < -0.4 is 10.6 Å². The zero-order valence-electron chi connectivity index (χ0n) is 18.9. The average Bonchev–Trinajstić information content (AvgIpc) is 3.53. The molecule has 2 atom stereocenters. The second-order valence-electron chi connectivity index (χ2n) is 8.48. The third-order valence-electron chi connectivity index (χ3n) is 5.67. The predicted octanol–water partition coefficient (Wildman–Crippen LogP) is 2.26. The third kappa shape index (κ3) is 6.92. The Balaban J connectivity index is 1.69. The van der Waals surface area contributed by atoms with Gasteiger partial charge in [-0.1, -0.05) is 25.4 Å². The molecule has 2 N–H and O–H groups in total. The fourth-order valence-corrected chi connectivity index (χ4v) is 3.60.